The number of hydrogen-bond donors (Lipinski definition) is 0. The van der Waals surface area contributed by atoms with Crippen LogP contribution in [0, 0.1) is 6.92 Å². The Morgan fingerprint density at radius 2 is 2.12 bits per heavy atom. The van der Waals surface area contributed by atoms with Gasteiger partial charge in [0, 0.05) is 4.70 Å². The minimum absolute atomic E-state index is 0.210. The molecule has 0 amide bonds. The molecule has 2 aromatic rings. The third-order valence-electron chi connectivity index (χ3n) is 2.73. The Hall–Kier alpha value is -1.55. The van der Waals surface area contributed by atoms with Gasteiger partial charge in [-0.05, 0) is 40.9 Å². The van der Waals surface area contributed by atoms with E-state index in [2.05, 4.69) is 10.8 Å². The molecule has 2 rings (SSSR count). The highest BCUT2D eigenvalue weighted by atomic mass is 32.1. The van der Waals surface area contributed by atoms with Crippen LogP contribution < -0.4 is 4.74 Å². The molecule has 1 heterocycles. The summed E-state index contributed by atoms with van der Waals surface area (Å²) in [5.74, 6) is 0.669. The summed E-state index contributed by atoms with van der Waals surface area (Å²) in [5.41, 5.74) is 2.09. The number of carbonyl (C=O) groups is 1. The maximum atomic E-state index is 11.3. The zero-order valence-electron chi connectivity index (χ0n) is 10.1. The van der Waals surface area contributed by atoms with E-state index >= 15 is 0 Å². The standard InChI is InChI=1S/C13H14O3S/c1-8-4-10-9(5-13(14)16-3)7-17-12(10)6-11(8)15-2/h4,6-7H,5H2,1-3H3. The van der Waals surface area contributed by atoms with Crippen LogP contribution in [0.15, 0.2) is 17.5 Å². The van der Waals surface area contributed by atoms with Crippen LogP contribution in [0.4, 0.5) is 0 Å². The number of hydrogen-bond acceptors (Lipinski definition) is 4. The van der Waals surface area contributed by atoms with Crippen molar-refractivity contribution >= 4 is 27.4 Å². The number of methoxy groups -OCH3 is 2. The van der Waals surface area contributed by atoms with Crippen molar-refractivity contribution in [1.82, 2.24) is 0 Å². The van der Waals surface area contributed by atoms with E-state index in [9.17, 15) is 4.79 Å². The Bertz CT molecular complexity index is 557. The molecule has 3 nitrogen and oxygen atoms in total. The molecule has 0 aliphatic rings. The third-order valence-corrected chi connectivity index (χ3v) is 3.73. The normalized spacial score (nSPS) is 10.5. The predicted octanol–water partition coefficient (Wildman–Crippen LogP) is 2.93. The van der Waals surface area contributed by atoms with E-state index in [0.717, 1.165) is 27.0 Å². The molecule has 90 valence electrons. The fraction of sp³-hybridized carbons (Fsp3) is 0.308. The molecule has 0 unspecified atom stereocenters. The Kier molecular flexibility index (Phi) is 3.33. The molecule has 4 heteroatoms. The summed E-state index contributed by atoms with van der Waals surface area (Å²) in [5, 5.41) is 3.11. The first-order valence-corrected chi connectivity index (χ1v) is 6.15. The van der Waals surface area contributed by atoms with E-state index in [1.807, 2.05) is 18.4 Å². The SMILES string of the molecule is COC(=O)Cc1csc2cc(OC)c(C)cc12. The van der Waals surface area contributed by atoms with Crippen LogP contribution in [0.2, 0.25) is 0 Å². The second-order valence-corrected chi connectivity index (χ2v) is 4.74. The van der Waals surface area contributed by atoms with Gasteiger partial charge in [0.15, 0.2) is 0 Å². The number of rotatable bonds is 3. The van der Waals surface area contributed by atoms with E-state index in [-0.39, 0.29) is 5.97 Å². The van der Waals surface area contributed by atoms with Gasteiger partial charge in [-0.2, -0.15) is 0 Å². The van der Waals surface area contributed by atoms with Crippen molar-refractivity contribution in [1.29, 1.82) is 0 Å². The summed E-state index contributed by atoms with van der Waals surface area (Å²) in [6, 6.07) is 4.07. The Morgan fingerprint density at radius 1 is 1.35 bits per heavy atom. The van der Waals surface area contributed by atoms with Crippen LogP contribution in [0.5, 0.6) is 5.75 Å². The fourth-order valence-electron chi connectivity index (χ4n) is 1.80. The minimum Gasteiger partial charge on any atom is -0.496 e. The van der Waals surface area contributed by atoms with Crippen molar-refractivity contribution in [3.8, 4) is 5.75 Å². The van der Waals surface area contributed by atoms with Crippen LogP contribution in [0.25, 0.3) is 10.1 Å². The summed E-state index contributed by atoms with van der Waals surface area (Å²) in [7, 11) is 3.07. The summed E-state index contributed by atoms with van der Waals surface area (Å²) in [6.45, 7) is 2.00. The highest BCUT2D eigenvalue weighted by Gasteiger charge is 2.11. The first-order valence-electron chi connectivity index (χ1n) is 5.27. The average molecular weight is 250 g/mol. The molecule has 0 aliphatic carbocycles. The fourth-order valence-corrected chi connectivity index (χ4v) is 2.77. The molecular weight excluding hydrogens is 236 g/mol. The van der Waals surface area contributed by atoms with Gasteiger partial charge < -0.3 is 9.47 Å². The van der Waals surface area contributed by atoms with Crippen LogP contribution in [-0.2, 0) is 16.0 Å². The molecular formula is C13H14O3S. The lowest BCUT2D eigenvalue weighted by Gasteiger charge is -2.05. The number of ether oxygens (including phenoxy) is 2. The topological polar surface area (TPSA) is 35.5 Å². The molecule has 0 spiro atoms. The van der Waals surface area contributed by atoms with E-state index < -0.39 is 0 Å². The molecule has 0 bridgehead atoms. The van der Waals surface area contributed by atoms with E-state index in [4.69, 9.17) is 4.74 Å². The maximum Gasteiger partial charge on any atom is 0.310 e. The molecule has 0 N–H and O–H groups in total. The van der Waals surface area contributed by atoms with Crippen LogP contribution in [0.3, 0.4) is 0 Å². The number of thiophene rings is 1. The van der Waals surface area contributed by atoms with Crippen LogP contribution in [-0.4, -0.2) is 20.2 Å². The lowest BCUT2D eigenvalue weighted by molar-refractivity contribution is -0.139. The Morgan fingerprint density at radius 3 is 2.76 bits per heavy atom. The first-order chi connectivity index (χ1) is 8.15. The van der Waals surface area contributed by atoms with Crippen molar-refractivity contribution in [2.24, 2.45) is 0 Å². The Labute approximate surface area is 104 Å². The van der Waals surface area contributed by atoms with Gasteiger partial charge in [-0.25, -0.2) is 0 Å². The highest BCUT2D eigenvalue weighted by Crippen LogP contribution is 2.32. The molecule has 1 aromatic carbocycles. The summed E-state index contributed by atoms with van der Waals surface area (Å²) < 4.78 is 11.1. The largest absolute Gasteiger partial charge is 0.496 e. The van der Waals surface area contributed by atoms with Gasteiger partial charge in [0.1, 0.15) is 5.75 Å². The number of esters is 1. The molecule has 1 aromatic heterocycles. The minimum atomic E-state index is -0.210. The Balaban J connectivity index is 2.46. The maximum absolute atomic E-state index is 11.3. The van der Waals surface area contributed by atoms with Crippen molar-refractivity contribution in [2.75, 3.05) is 14.2 Å². The predicted molar refractivity (Wildman–Crippen MR) is 68.8 cm³/mol. The van der Waals surface area contributed by atoms with Gasteiger partial charge in [0.05, 0.1) is 20.6 Å². The van der Waals surface area contributed by atoms with Crippen molar-refractivity contribution in [3.05, 3.63) is 28.6 Å². The lowest BCUT2D eigenvalue weighted by Crippen LogP contribution is -2.03. The summed E-state index contributed by atoms with van der Waals surface area (Å²) >= 11 is 1.62. The quantitative estimate of drug-likeness (QED) is 0.786. The molecule has 0 fully saturated rings. The molecule has 0 aliphatic heterocycles. The molecule has 0 atom stereocenters. The molecule has 17 heavy (non-hydrogen) atoms. The second-order valence-electron chi connectivity index (χ2n) is 3.83. The summed E-state index contributed by atoms with van der Waals surface area (Å²) in [4.78, 5) is 11.3. The number of aryl methyl sites for hydroxylation is 1. The lowest BCUT2D eigenvalue weighted by atomic mass is 10.1. The smallest absolute Gasteiger partial charge is 0.310 e. The zero-order chi connectivity index (χ0) is 12.4. The number of carbonyl (C=O) groups excluding carboxylic acids is 1. The number of benzene rings is 1. The zero-order valence-corrected chi connectivity index (χ0v) is 10.9. The van der Waals surface area contributed by atoms with Crippen molar-refractivity contribution < 1.29 is 14.3 Å². The second kappa shape index (κ2) is 4.75. The van der Waals surface area contributed by atoms with Gasteiger partial charge >= 0.3 is 5.97 Å². The van der Waals surface area contributed by atoms with Crippen LogP contribution in [0.1, 0.15) is 11.1 Å². The monoisotopic (exact) mass is 250 g/mol. The van der Waals surface area contributed by atoms with Gasteiger partial charge in [0.2, 0.25) is 0 Å². The van der Waals surface area contributed by atoms with Crippen molar-refractivity contribution in [3.63, 3.8) is 0 Å². The number of fused-ring (bicyclic) bond motifs is 1. The molecule has 0 saturated carbocycles. The first kappa shape index (κ1) is 11.9. The van der Waals surface area contributed by atoms with Gasteiger partial charge in [-0.15, -0.1) is 11.3 Å². The van der Waals surface area contributed by atoms with Gasteiger partial charge in [-0.1, -0.05) is 0 Å². The highest BCUT2D eigenvalue weighted by molar-refractivity contribution is 7.17. The average Bonchev–Trinajstić information content (AvgIpc) is 2.70. The van der Waals surface area contributed by atoms with E-state index in [1.165, 1.54) is 7.11 Å². The third kappa shape index (κ3) is 2.26. The van der Waals surface area contributed by atoms with Crippen molar-refractivity contribution in [2.45, 2.75) is 13.3 Å². The van der Waals surface area contributed by atoms with Gasteiger partial charge in [-0.3, -0.25) is 4.79 Å². The summed E-state index contributed by atoms with van der Waals surface area (Å²) in [6.07, 6.45) is 0.322. The van der Waals surface area contributed by atoms with E-state index in [0.29, 0.717) is 6.42 Å². The molecule has 0 saturated heterocycles. The molecule has 0 radical (unpaired) electrons. The van der Waals surface area contributed by atoms with Gasteiger partial charge in [0.25, 0.3) is 0 Å². The van der Waals surface area contributed by atoms with E-state index in [1.54, 1.807) is 18.4 Å². The van der Waals surface area contributed by atoms with Crippen LogP contribution >= 0.6 is 11.3 Å².